The highest BCUT2D eigenvalue weighted by Crippen LogP contribution is 2.46. The number of hydrogen-bond donors (Lipinski definition) is 2. The Labute approximate surface area is 200 Å². The van der Waals surface area contributed by atoms with Crippen LogP contribution in [0.2, 0.25) is 0 Å². The topological polar surface area (TPSA) is 111 Å². The Hall–Kier alpha value is -3.29. The van der Waals surface area contributed by atoms with Gasteiger partial charge in [0.15, 0.2) is 17.3 Å². The third-order valence-electron chi connectivity index (χ3n) is 6.46. The van der Waals surface area contributed by atoms with Gasteiger partial charge in [-0.1, -0.05) is 19.9 Å². The number of dihydropyridines is 1. The molecule has 2 N–H and O–H groups in total. The Morgan fingerprint density at radius 3 is 2.59 bits per heavy atom. The van der Waals surface area contributed by atoms with Crippen molar-refractivity contribution in [2.24, 2.45) is 11.8 Å². The van der Waals surface area contributed by atoms with Crippen LogP contribution in [-0.4, -0.2) is 42.6 Å². The minimum absolute atomic E-state index is 0.0470. The monoisotopic (exact) mass is 471 g/mol. The Bertz CT molecular complexity index is 1060. The molecule has 2 aliphatic rings. The number of methoxy groups -OCH3 is 1. The van der Waals surface area contributed by atoms with E-state index in [1.54, 1.807) is 32.9 Å². The molecular weight excluding hydrogens is 438 g/mol. The third-order valence-corrected chi connectivity index (χ3v) is 6.46. The van der Waals surface area contributed by atoms with Gasteiger partial charge in [-0.25, -0.2) is 4.79 Å². The summed E-state index contributed by atoms with van der Waals surface area (Å²) in [5.41, 5.74) is 2.46. The van der Waals surface area contributed by atoms with Crippen LogP contribution in [0.4, 0.5) is 0 Å². The standard InChI is InChI=1S/C26H33NO7/c1-7-14(4)34-26(31)21-15(5)27-17-11-13(3)20(25(30)32-6)24(29)23(17)22(21)16-9-10-18(28)19(12-16)33-8-2/h9-10,12-14,20,22,27-28H,7-8,11H2,1-6H3/t13-,14+,20+,22+/m0/s1. The summed E-state index contributed by atoms with van der Waals surface area (Å²) in [7, 11) is 1.26. The molecule has 0 unspecified atom stereocenters. The molecule has 0 saturated carbocycles. The molecule has 0 saturated heterocycles. The van der Waals surface area contributed by atoms with Crippen molar-refractivity contribution in [1.29, 1.82) is 0 Å². The van der Waals surface area contributed by atoms with Gasteiger partial charge >= 0.3 is 11.9 Å². The summed E-state index contributed by atoms with van der Waals surface area (Å²) >= 11 is 0. The molecule has 1 aliphatic heterocycles. The van der Waals surface area contributed by atoms with E-state index in [0.717, 1.165) is 0 Å². The van der Waals surface area contributed by atoms with Crippen LogP contribution in [0, 0.1) is 11.8 Å². The normalized spacial score (nSPS) is 23.1. The maximum absolute atomic E-state index is 13.7. The summed E-state index contributed by atoms with van der Waals surface area (Å²) in [6.45, 7) is 9.45. The van der Waals surface area contributed by atoms with Crippen molar-refractivity contribution in [2.75, 3.05) is 13.7 Å². The lowest BCUT2D eigenvalue weighted by Crippen LogP contribution is -2.43. The number of carbonyl (C=O) groups excluding carboxylic acids is 3. The highest BCUT2D eigenvalue weighted by molar-refractivity contribution is 6.12. The van der Waals surface area contributed by atoms with Crippen LogP contribution in [0.25, 0.3) is 0 Å². The van der Waals surface area contributed by atoms with E-state index in [1.165, 1.54) is 13.2 Å². The first-order valence-corrected chi connectivity index (χ1v) is 11.6. The largest absolute Gasteiger partial charge is 0.504 e. The van der Waals surface area contributed by atoms with Crippen LogP contribution in [-0.2, 0) is 23.9 Å². The Balaban J connectivity index is 2.20. The number of phenolic OH excluding ortho intramolecular Hbond substituents is 1. The zero-order valence-electron chi connectivity index (χ0n) is 20.6. The van der Waals surface area contributed by atoms with Crippen LogP contribution in [0.5, 0.6) is 11.5 Å². The van der Waals surface area contributed by atoms with E-state index in [1.807, 2.05) is 13.8 Å². The Morgan fingerprint density at radius 2 is 1.97 bits per heavy atom. The number of benzene rings is 1. The average molecular weight is 472 g/mol. The van der Waals surface area contributed by atoms with Crippen molar-refractivity contribution < 1.29 is 33.7 Å². The molecule has 34 heavy (non-hydrogen) atoms. The van der Waals surface area contributed by atoms with Gasteiger partial charge < -0.3 is 24.6 Å². The van der Waals surface area contributed by atoms with Gasteiger partial charge in [0.2, 0.25) is 0 Å². The number of aromatic hydroxyl groups is 1. The first-order chi connectivity index (χ1) is 16.1. The maximum atomic E-state index is 13.7. The molecule has 1 aromatic carbocycles. The zero-order chi connectivity index (χ0) is 25.2. The SMILES string of the molecule is CCOc1cc([C@@H]2C(C(=O)O[C@H](C)CC)=C(C)NC3=C2C(=O)[C@H](C(=O)OC)[C@@H](C)C3)ccc1O. The van der Waals surface area contributed by atoms with E-state index < -0.39 is 23.8 Å². The van der Waals surface area contributed by atoms with Gasteiger partial charge in [0.25, 0.3) is 0 Å². The van der Waals surface area contributed by atoms with Crippen molar-refractivity contribution in [2.45, 2.75) is 59.5 Å². The van der Waals surface area contributed by atoms with E-state index in [4.69, 9.17) is 14.2 Å². The zero-order valence-corrected chi connectivity index (χ0v) is 20.6. The number of Topliss-reactive ketones (excluding diaryl/α,β-unsaturated/α-hetero) is 1. The van der Waals surface area contributed by atoms with Crippen LogP contribution < -0.4 is 10.1 Å². The third kappa shape index (κ3) is 4.67. The van der Waals surface area contributed by atoms with Crippen LogP contribution in [0.3, 0.4) is 0 Å². The highest BCUT2D eigenvalue weighted by atomic mass is 16.5. The number of rotatable bonds is 7. The van der Waals surface area contributed by atoms with Crippen molar-refractivity contribution in [3.05, 3.63) is 46.3 Å². The lowest BCUT2D eigenvalue weighted by Gasteiger charge is -2.38. The summed E-state index contributed by atoms with van der Waals surface area (Å²) in [6.07, 6.45) is 0.768. The molecule has 1 heterocycles. The number of carbonyl (C=O) groups is 3. The second-order valence-electron chi connectivity index (χ2n) is 8.82. The first-order valence-electron chi connectivity index (χ1n) is 11.6. The van der Waals surface area contributed by atoms with Crippen molar-refractivity contribution in [1.82, 2.24) is 5.32 Å². The van der Waals surface area contributed by atoms with Gasteiger partial charge in [0.05, 0.1) is 25.4 Å². The minimum Gasteiger partial charge on any atom is -0.504 e. The predicted molar refractivity (Wildman–Crippen MR) is 125 cm³/mol. The number of allylic oxidation sites excluding steroid dienone is 3. The number of phenols is 1. The first kappa shape index (κ1) is 25.3. The fourth-order valence-corrected chi connectivity index (χ4v) is 4.60. The Kier molecular flexibility index (Phi) is 7.69. The van der Waals surface area contributed by atoms with Crippen molar-refractivity contribution in [3.8, 4) is 11.5 Å². The van der Waals surface area contributed by atoms with Crippen LogP contribution >= 0.6 is 0 Å². The maximum Gasteiger partial charge on any atom is 0.337 e. The quantitative estimate of drug-likeness (QED) is 0.457. The number of nitrogens with one attached hydrogen (secondary N) is 1. The molecule has 0 amide bonds. The molecule has 0 radical (unpaired) electrons. The molecular formula is C26H33NO7. The number of ether oxygens (including phenoxy) is 3. The van der Waals surface area contributed by atoms with Crippen LogP contribution in [0.1, 0.15) is 58.9 Å². The lowest BCUT2D eigenvalue weighted by molar-refractivity contribution is -0.151. The van der Waals surface area contributed by atoms with Gasteiger partial charge in [0.1, 0.15) is 5.92 Å². The second-order valence-corrected chi connectivity index (χ2v) is 8.82. The summed E-state index contributed by atoms with van der Waals surface area (Å²) in [6, 6.07) is 4.76. The Morgan fingerprint density at radius 1 is 1.26 bits per heavy atom. The van der Waals surface area contributed by atoms with Crippen molar-refractivity contribution >= 4 is 17.7 Å². The van der Waals surface area contributed by atoms with E-state index in [-0.39, 0.29) is 29.3 Å². The van der Waals surface area contributed by atoms with Gasteiger partial charge in [-0.15, -0.1) is 0 Å². The number of ketones is 1. The summed E-state index contributed by atoms with van der Waals surface area (Å²) in [5, 5.41) is 13.5. The molecule has 0 bridgehead atoms. The van der Waals surface area contributed by atoms with Gasteiger partial charge in [0, 0.05) is 22.9 Å². The molecule has 184 valence electrons. The van der Waals surface area contributed by atoms with Gasteiger partial charge in [-0.2, -0.15) is 0 Å². The highest BCUT2D eigenvalue weighted by Gasteiger charge is 2.47. The molecule has 8 nitrogen and oxygen atoms in total. The number of esters is 2. The molecule has 0 fully saturated rings. The molecule has 0 aromatic heterocycles. The van der Waals surface area contributed by atoms with Crippen LogP contribution in [0.15, 0.2) is 40.7 Å². The smallest absolute Gasteiger partial charge is 0.337 e. The molecule has 1 aliphatic carbocycles. The lowest BCUT2D eigenvalue weighted by atomic mass is 9.69. The van der Waals surface area contributed by atoms with Gasteiger partial charge in [-0.3, -0.25) is 9.59 Å². The fourth-order valence-electron chi connectivity index (χ4n) is 4.60. The number of hydrogen-bond acceptors (Lipinski definition) is 8. The van der Waals surface area contributed by atoms with Gasteiger partial charge in [-0.05, 0) is 57.2 Å². The van der Waals surface area contributed by atoms with Crippen molar-refractivity contribution in [3.63, 3.8) is 0 Å². The van der Waals surface area contributed by atoms with E-state index >= 15 is 0 Å². The summed E-state index contributed by atoms with van der Waals surface area (Å²) in [4.78, 5) is 39.6. The minimum atomic E-state index is -0.971. The molecule has 3 rings (SSSR count). The summed E-state index contributed by atoms with van der Waals surface area (Å²) in [5.74, 6) is -3.36. The fraction of sp³-hybridized carbons (Fsp3) is 0.500. The van der Waals surface area contributed by atoms with E-state index in [0.29, 0.717) is 47.6 Å². The predicted octanol–water partition coefficient (Wildman–Crippen LogP) is 3.75. The van der Waals surface area contributed by atoms with E-state index in [9.17, 15) is 19.5 Å². The summed E-state index contributed by atoms with van der Waals surface area (Å²) < 4.78 is 16.1. The second kappa shape index (κ2) is 10.3. The molecule has 0 spiro atoms. The molecule has 1 aromatic rings. The van der Waals surface area contributed by atoms with E-state index in [2.05, 4.69) is 5.32 Å². The molecule has 8 heteroatoms. The molecule has 4 atom stereocenters. The average Bonchev–Trinajstić information content (AvgIpc) is 2.79.